The highest BCUT2D eigenvalue weighted by atomic mass is 32.1. The van der Waals surface area contributed by atoms with Crippen LogP contribution in [0.25, 0.3) is 0 Å². The zero-order valence-corrected chi connectivity index (χ0v) is 11.9. The molecule has 1 atom stereocenters. The predicted octanol–water partition coefficient (Wildman–Crippen LogP) is 2.08. The fourth-order valence-electron chi connectivity index (χ4n) is 1.75. The number of thiophene rings is 1. The molecule has 6 heteroatoms. The molecule has 1 unspecified atom stereocenters. The minimum Gasteiger partial charge on any atom is -0.338 e. The van der Waals surface area contributed by atoms with Crippen molar-refractivity contribution in [2.45, 2.75) is 19.4 Å². The molecule has 0 spiro atoms. The number of hydrogen-bond donors (Lipinski definition) is 2. The molecule has 0 radical (unpaired) electrons. The maximum Gasteiger partial charge on any atom is 0.315 e. The fourth-order valence-corrected chi connectivity index (χ4v) is 2.45. The van der Waals surface area contributed by atoms with Crippen LogP contribution in [-0.4, -0.2) is 22.4 Å². The Morgan fingerprint density at radius 2 is 2.42 bits per heavy atom. The molecule has 5 nitrogen and oxygen atoms in total. The van der Waals surface area contributed by atoms with E-state index in [0.29, 0.717) is 6.54 Å². The first kappa shape index (κ1) is 13.6. The van der Waals surface area contributed by atoms with Crippen LogP contribution in [0.15, 0.2) is 29.2 Å². The Kier molecular flexibility index (Phi) is 4.57. The van der Waals surface area contributed by atoms with Gasteiger partial charge >= 0.3 is 6.03 Å². The van der Waals surface area contributed by atoms with Crippen molar-refractivity contribution >= 4 is 17.4 Å². The second-order valence-electron chi connectivity index (χ2n) is 4.45. The van der Waals surface area contributed by atoms with Crippen LogP contribution in [0.2, 0.25) is 0 Å². The summed E-state index contributed by atoms with van der Waals surface area (Å²) in [5, 5.41) is 14.0. The van der Waals surface area contributed by atoms with Crippen molar-refractivity contribution in [3.05, 3.63) is 40.3 Å². The molecule has 19 heavy (non-hydrogen) atoms. The number of nitrogens with one attached hydrogen (secondary N) is 2. The smallest absolute Gasteiger partial charge is 0.315 e. The summed E-state index contributed by atoms with van der Waals surface area (Å²) in [6.45, 7) is 2.58. The van der Waals surface area contributed by atoms with E-state index in [-0.39, 0.29) is 12.1 Å². The first-order valence-corrected chi connectivity index (χ1v) is 7.13. The van der Waals surface area contributed by atoms with Gasteiger partial charge in [0.25, 0.3) is 0 Å². The van der Waals surface area contributed by atoms with Crippen molar-refractivity contribution in [2.75, 3.05) is 6.54 Å². The van der Waals surface area contributed by atoms with E-state index in [4.69, 9.17) is 0 Å². The lowest BCUT2D eigenvalue weighted by Crippen LogP contribution is -2.37. The van der Waals surface area contributed by atoms with Gasteiger partial charge in [-0.15, -0.1) is 0 Å². The number of urea groups is 1. The highest BCUT2D eigenvalue weighted by Gasteiger charge is 2.10. The normalized spacial score (nSPS) is 12.1. The molecule has 2 aromatic heterocycles. The number of amides is 2. The van der Waals surface area contributed by atoms with Gasteiger partial charge in [0.1, 0.15) is 0 Å². The maximum atomic E-state index is 11.7. The largest absolute Gasteiger partial charge is 0.338 e. The standard InChI is InChI=1S/C13H18N4OS/c1-10(12-7-15-17(2)8-12)16-13(18)14-5-3-11-4-6-19-9-11/h4,6-10H,3,5H2,1-2H3,(H2,14,16,18). The van der Waals surface area contributed by atoms with Crippen LogP contribution in [-0.2, 0) is 13.5 Å². The van der Waals surface area contributed by atoms with E-state index in [2.05, 4.69) is 27.2 Å². The number of nitrogens with zero attached hydrogens (tertiary/aromatic N) is 2. The van der Waals surface area contributed by atoms with Gasteiger partial charge in [0, 0.05) is 25.4 Å². The number of carbonyl (C=O) groups is 1. The maximum absolute atomic E-state index is 11.7. The Balaban J connectivity index is 1.72. The Hall–Kier alpha value is -1.82. The average molecular weight is 278 g/mol. The summed E-state index contributed by atoms with van der Waals surface area (Å²) >= 11 is 1.67. The monoisotopic (exact) mass is 278 g/mol. The summed E-state index contributed by atoms with van der Waals surface area (Å²) in [6.07, 6.45) is 4.52. The number of hydrogen-bond acceptors (Lipinski definition) is 3. The van der Waals surface area contributed by atoms with Gasteiger partial charge in [-0.25, -0.2) is 4.79 Å². The summed E-state index contributed by atoms with van der Waals surface area (Å²) in [5.74, 6) is 0. The first-order chi connectivity index (χ1) is 9.15. The quantitative estimate of drug-likeness (QED) is 0.879. The van der Waals surface area contributed by atoms with E-state index in [1.807, 2.05) is 25.5 Å². The van der Waals surface area contributed by atoms with Crippen LogP contribution < -0.4 is 10.6 Å². The van der Waals surface area contributed by atoms with Crippen molar-refractivity contribution in [3.63, 3.8) is 0 Å². The first-order valence-electron chi connectivity index (χ1n) is 6.19. The lowest BCUT2D eigenvalue weighted by molar-refractivity contribution is 0.238. The number of carbonyl (C=O) groups excluding carboxylic acids is 1. The molecule has 2 N–H and O–H groups in total. The molecule has 2 rings (SSSR count). The van der Waals surface area contributed by atoms with Gasteiger partial charge in [-0.2, -0.15) is 16.4 Å². The molecule has 0 aliphatic heterocycles. The van der Waals surface area contributed by atoms with Crippen LogP contribution in [0.5, 0.6) is 0 Å². The molecule has 102 valence electrons. The third-order valence-electron chi connectivity index (χ3n) is 2.85. The molecule has 0 bridgehead atoms. The lowest BCUT2D eigenvalue weighted by atomic mass is 10.2. The van der Waals surface area contributed by atoms with Gasteiger partial charge in [-0.3, -0.25) is 4.68 Å². The number of rotatable bonds is 5. The average Bonchev–Trinajstić information content (AvgIpc) is 3.00. The summed E-state index contributed by atoms with van der Waals surface area (Å²) in [4.78, 5) is 11.7. The molecule has 0 saturated heterocycles. The van der Waals surface area contributed by atoms with E-state index < -0.39 is 0 Å². The molecule has 0 aliphatic carbocycles. The van der Waals surface area contributed by atoms with E-state index in [0.717, 1.165) is 12.0 Å². The zero-order valence-electron chi connectivity index (χ0n) is 11.1. The molecule has 2 heterocycles. The molecular formula is C13H18N4OS. The molecule has 0 saturated carbocycles. The van der Waals surface area contributed by atoms with Crippen LogP contribution in [0.4, 0.5) is 4.79 Å². The summed E-state index contributed by atoms with van der Waals surface area (Å²) in [5.41, 5.74) is 2.25. The van der Waals surface area contributed by atoms with E-state index >= 15 is 0 Å². The second-order valence-corrected chi connectivity index (χ2v) is 5.23. The third kappa shape index (κ3) is 4.10. The van der Waals surface area contributed by atoms with Crippen LogP contribution in [0.1, 0.15) is 24.1 Å². The highest BCUT2D eigenvalue weighted by Crippen LogP contribution is 2.09. The molecular weight excluding hydrogens is 260 g/mol. The lowest BCUT2D eigenvalue weighted by Gasteiger charge is -2.12. The highest BCUT2D eigenvalue weighted by molar-refractivity contribution is 7.07. The summed E-state index contributed by atoms with van der Waals surface area (Å²) in [7, 11) is 1.86. The van der Waals surface area contributed by atoms with Crippen LogP contribution >= 0.6 is 11.3 Å². The van der Waals surface area contributed by atoms with Gasteiger partial charge in [0.2, 0.25) is 0 Å². The molecule has 0 fully saturated rings. The van der Waals surface area contributed by atoms with Crippen LogP contribution in [0, 0.1) is 0 Å². The number of aromatic nitrogens is 2. The minimum absolute atomic E-state index is 0.0464. The SMILES string of the molecule is CC(NC(=O)NCCc1ccsc1)c1cnn(C)c1. The van der Waals surface area contributed by atoms with Crippen molar-refractivity contribution < 1.29 is 4.79 Å². The minimum atomic E-state index is -0.147. The van der Waals surface area contributed by atoms with Gasteiger partial charge in [-0.1, -0.05) is 0 Å². The zero-order chi connectivity index (χ0) is 13.7. The van der Waals surface area contributed by atoms with E-state index in [1.165, 1.54) is 5.56 Å². The predicted molar refractivity (Wildman–Crippen MR) is 76.2 cm³/mol. The van der Waals surface area contributed by atoms with Crippen molar-refractivity contribution in [3.8, 4) is 0 Å². The van der Waals surface area contributed by atoms with Gasteiger partial charge in [0.15, 0.2) is 0 Å². The Bertz CT molecular complexity index is 520. The second kappa shape index (κ2) is 6.38. The topological polar surface area (TPSA) is 59.0 Å². The van der Waals surface area contributed by atoms with Gasteiger partial charge in [0.05, 0.1) is 12.2 Å². The molecule has 0 aromatic carbocycles. The molecule has 2 aromatic rings. The molecule has 0 aliphatic rings. The summed E-state index contributed by atoms with van der Waals surface area (Å²) in [6, 6.07) is 1.88. The van der Waals surface area contributed by atoms with Gasteiger partial charge in [-0.05, 0) is 35.7 Å². The van der Waals surface area contributed by atoms with Crippen molar-refractivity contribution in [1.82, 2.24) is 20.4 Å². The summed E-state index contributed by atoms with van der Waals surface area (Å²) < 4.78 is 1.72. The fraction of sp³-hybridized carbons (Fsp3) is 0.385. The Morgan fingerprint density at radius 1 is 1.58 bits per heavy atom. The third-order valence-corrected chi connectivity index (χ3v) is 3.58. The Labute approximate surface area is 116 Å². The van der Waals surface area contributed by atoms with E-state index in [9.17, 15) is 4.79 Å². The van der Waals surface area contributed by atoms with Gasteiger partial charge < -0.3 is 10.6 Å². The Morgan fingerprint density at radius 3 is 3.05 bits per heavy atom. The number of aryl methyl sites for hydroxylation is 1. The van der Waals surface area contributed by atoms with Crippen molar-refractivity contribution in [1.29, 1.82) is 0 Å². The van der Waals surface area contributed by atoms with Crippen LogP contribution in [0.3, 0.4) is 0 Å². The van der Waals surface area contributed by atoms with Crippen molar-refractivity contribution in [2.24, 2.45) is 7.05 Å². The molecule has 2 amide bonds. The van der Waals surface area contributed by atoms with E-state index in [1.54, 1.807) is 22.2 Å².